The highest BCUT2D eigenvalue weighted by molar-refractivity contribution is 5.53. The number of H-pyrrole nitrogens is 1. The zero-order valence-electron chi connectivity index (χ0n) is 18.0. The first-order valence-electron chi connectivity index (χ1n) is 10.6. The second kappa shape index (κ2) is 9.85. The Morgan fingerprint density at radius 1 is 1.13 bits per heavy atom. The summed E-state index contributed by atoms with van der Waals surface area (Å²) in [6.45, 7) is 2.23. The van der Waals surface area contributed by atoms with Crippen molar-refractivity contribution < 1.29 is 9.47 Å². The molecule has 4 rings (SSSR count). The number of ether oxygens (including phenoxy) is 2. The number of nitrogens with one attached hydrogen (secondary N) is 1. The highest BCUT2D eigenvalue weighted by Crippen LogP contribution is 2.33. The Labute approximate surface area is 182 Å². The third-order valence-electron chi connectivity index (χ3n) is 5.70. The summed E-state index contributed by atoms with van der Waals surface area (Å²) in [4.78, 5) is 26.6. The van der Waals surface area contributed by atoms with E-state index in [9.17, 15) is 4.79 Å². The minimum Gasteiger partial charge on any atom is -0.496 e. The molecule has 1 aliphatic heterocycles. The molecule has 1 aliphatic rings. The molecule has 3 heterocycles. The maximum atomic E-state index is 12.4. The van der Waals surface area contributed by atoms with Gasteiger partial charge in [-0.15, -0.1) is 0 Å². The van der Waals surface area contributed by atoms with E-state index in [1.54, 1.807) is 32.7 Å². The largest absolute Gasteiger partial charge is 0.496 e. The molecule has 1 N–H and O–H groups in total. The van der Waals surface area contributed by atoms with Crippen molar-refractivity contribution in [1.82, 2.24) is 19.9 Å². The summed E-state index contributed by atoms with van der Waals surface area (Å²) < 4.78 is 10.9. The van der Waals surface area contributed by atoms with E-state index >= 15 is 0 Å². The first-order valence-corrected chi connectivity index (χ1v) is 10.6. The van der Waals surface area contributed by atoms with Crippen LogP contribution < -0.4 is 10.3 Å². The Hall–Kier alpha value is -3.03. The molecular formula is C24H28N4O3. The molecule has 0 bridgehead atoms. The van der Waals surface area contributed by atoms with E-state index < -0.39 is 0 Å². The van der Waals surface area contributed by atoms with Crippen molar-refractivity contribution in [3.8, 4) is 17.1 Å². The number of likely N-dealkylation sites (tertiary alicyclic amines) is 1. The number of nitrogens with zero attached hydrogens (tertiary/aromatic N) is 3. The van der Waals surface area contributed by atoms with E-state index in [-0.39, 0.29) is 11.6 Å². The molecule has 0 aliphatic carbocycles. The average Bonchev–Trinajstić information content (AvgIpc) is 2.80. The fourth-order valence-corrected chi connectivity index (χ4v) is 4.24. The molecule has 7 nitrogen and oxygen atoms in total. The maximum Gasteiger partial charge on any atom is 0.251 e. The Morgan fingerprint density at radius 2 is 1.97 bits per heavy atom. The predicted molar refractivity (Wildman–Crippen MR) is 119 cm³/mol. The van der Waals surface area contributed by atoms with E-state index in [0.29, 0.717) is 12.4 Å². The minimum absolute atomic E-state index is 0.0763. The normalized spacial score (nSPS) is 16.9. The third-order valence-corrected chi connectivity index (χ3v) is 5.70. The van der Waals surface area contributed by atoms with Crippen molar-refractivity contribution in [1.29, 1.82) is 0 Å². The fourth-order valence-electron chi connectivity index (χ4n) is 4.24. The Balaban J connectivity index is 1.65. The van der Waals surface area contributed by atoms with Crippen LogP contribution in [0.1, 0.15) is 42.1 Å². The third kappa shape index (κ3) is 5.00. The maximum absolute atomic E-state index is 12.4. The molecule has 3 aromatic rings. The topological polar surface area (TPSA) is 80.3 Å². The molecule has 0 saturated carbocycles. The Kier molecular flexibility index (Phi) is 6.74. The van der Waals surface area contributed by atoms with Crippen molar-refractivity contribution >= 4 is 0 Å². The monoisotopic (exact) mass is 420 g/mol. The van der Waals surface area contributed by atoms with Gasteiger partial charge in [-0.1, -0.05) is 12.5 Å². The molecule has 1 saturated heterocycles. The number of hydrogen-bond acceptors (Lipinski definition) is 6. The number of rotatable bonds is 7. The lowest BCUT2D eigenvalue weighted by Crippen LogP contribution is -2.34. The van der Waals surface area contributed by atoms with E-state index in [1.807, 2.05) is 24.3 Å². The summed E-state index contributed by atoms with van der Waals surface area (Å²) in [6, 6.07) is 11.6. The van der Waals surface area contributed by atoms with Gasteiger partial charge in [-0.3, -0.25) is 14.7 Å². The van der Waals surface area contributed by atoms with E-state index in [1.165, 1.54) is 0 Å². The summed E-state index contributed by atoms with van der Waals surface area (Å²) in [5.41, 5.74) is 3.75. The van der Waals surface area contributed by atoms with Gasteiger partial charge in [0.1, 0.15) is 11.6 Å². The van der Waals surface area contributed by atoms with E-state index in [0.717, 1.165) is 60.5 Å². The van der Waals surface area contributed by atoms with Gasteiger partial charge in [0, 0.05) is 43.2 Å². The van der Waals surface area contributed by atoms with Crippen LogP contribution >= 0.6 is 0 Å². The number of piperidine rings is 1. The lowest BCUT2D eigenvalue weighted by atomic mass is 9.97. The van der Waals surface area contributed by atoms with Crippen LogP contribution in [-0.2, 0) is 17.9 Å². The molecule has 1 aromatic carbocycles. The SMILES string of the molecule is COCc1ccc(OC)c(CN2CCCCC2c2cc(=O)[nH]c(-c3ccncc3)n2)c1. The summed E-state index contributed by atoms with van der Waals surface area (Å²) in [7, 11) is 3.39. The van der Waals surface area contributed by atoms with Gasteiger partial charge in [0.05, 0.1) is 25.5 Å². The summed E-state index contributed by atoms with van der Waals surface area (Å²) >= 11 is 0. The molecule has 0 amide bonds. The lowest BCUT2D eigenvalue weighted by molar-refractivity contribution is 0.135. The van der Waals surface area contributed by atoms with Crippen LogP contribution in [-0.4, -0.2) is 40.6 Å². The van der Waals surface area contributed by atoms with Gasteiger partial charge in [-0.25, -0.2) is 4.98 Å². The van der Waals surface area contributed by atoms with Crippen LogP contribution in [0.2, 0.25) is 0 Å². The zero-order valence-corrected chi connectivity index (χ0v) is 18.0. The van der Waals surface area contributed by atoms with Gasteiger partial charge in [-0.05, 0) is 49.2 Å². The van der Waals surface area contributed by atoms with Gasteiger partial charge in [0.2, 0.25) is 0 Å². The van der Waals surface area contributed by atoms with Gasteiger partial charge in [0.25, 0.3) is 5.56 Å². The first-order chi connectivity index (χ1) is 15.2. The molecule has 1 fully saturated rings. The molecule has 1 unspecified atom stereocenters. The Bertz CT molecular complexity index is 1070. The van der Waals surface area contributed by atoms with Crippen LogP contribution in [0.15, 0.2) is 53.6 Å². The zero-order chi connectivity index (χ0) is 21.6. The van der Waals surface area contributed by atoms with Crippen LogP contribution in [0.3, 0.4) is 0 Å². The quantitative estimate of drug-likeness (QED) is 0.628. The van der Waals surface area contributed by atoms with Crippen molar-refractivity contribution in [2.75, 3.05) is 20.8 Å². The second-order valence-electron chi connectivity index (χ2n) is 7.82. The highest BCUT2D eigenvalue weighted by atomic mass is 16.5. The number of pyridine rings is 1. The van der Waals surface area contributed by atoms with E-state index in [2.05, 4.69) is 20.9 Å². The van der Waals surface area contributed by atoms with Crippen LogP contribution in [0.5, 0.6) is 5.75 Å². The van der Waals surface area contributed by atoms with Crippen molar-refractivity contribution in [3.63, 3.8) is 0 Å². The summed E-state index contributed by atoms with van der Waals surface area (Å²) in [6.07, 6.45) is 6.60. The van der Waals surface area contributed by atoms with Crippen LogP contribution in [0.25, 0.3) is 11.4 Å². The first kappa shape index (κ1) is 21.2. The van der Waals surface area contributed by atoms with Crippen molar-refractivity contribution in [2.24, 2.45) is 0 Å². The number of hydrogen-bond donors (Lipinski definition) is 1. The van der Waals surface area contributed by atoms with Gasteiger partial charge >= 0.3 is 0 Å². The molecular weight excluding hydrogens is 392 g/mol. The molecule has 2 aromatic heterocycles. The second-order valence-corrected chi connectivity index (χ2v) is 7.82. The lowest BCUT2D eigenvalue weighted by Gasteiger charge is -2.35. The summed E-state index contributed by atoms with van der Waals surface area (Å²) in [5, 5.41) is 0. The predicted octanol–water partition coefficient (Wildman–Crippen LogP) is 3.71. The van der Waals surface area contributed by atoms with Gasteiger partial charge < -0.3 is 14.5 Å². The molecule has 162 valence electrons. The smallest absolute Gasteiger partial charge is 0.251 e. The van der Waals surface area contributed by atoms with Crippen LogP contribution in [0.4, 0.5) is 0 Å². The minimum atomic E-state index is -0.137. The number of benzene rings is 1. The number of aromatic amines is 1. The number of aromatic nitrogens is 3. The van der Waals surface area contributed by atoms with Crippen molar-refractivity contribution in [2.45, 2.75) is 38.5 Å². The molecule has 31 heavy (non-hydrogen) atoms. The van der Waals surface area contributed by atoms with Gasteiger partial charge in [-0.2, -0.15) is 0 Å². The van der Waals surface area contributed by atoms with E-state index in [4.69, 9.17) is 14.5 Å². The summed E-state index contributed by atoms with van der Waals surface area (Å²) in [5.74, 6) is 1.44. The van der Waals surface area contributed by atoms with Gasteiger partial charge in [0.15, 0.2) is 0 Å². The number of methoxy groups -OCH3 is 2. The van der Waals surface area contributed by atoms with Crippen LogP contribution in [0, 0.1) is 0 Å². The molecule has 0 radical (unpaired) electrons. The molecule has 7 heteroatoms. The average molecular weight is 421 g/mol. The Morgan fingerprint density at radius 3 is 2.74 bits per heavy atom. The molecule has 0 spiro atoms. The van der Waals surface area contributed by atoms with Crippen molar-refractivity contribution in [3.05, 3.63) is 76.0 Å². The molecule has 1 atom stereocenters. The standard InChI is InChI=1S/C24H28N4O3/c1-30-16-17-6-7-22(31-2)19(13-17)15-28-12-4-3-5-21(28)20-14-23(29)27-24(26-20)18-8-10-25-11-9-18/h6-11,13-14,21H,3-5,12,15-16H2,1-2H3,(H,26,27,29). The fraction of sp³-hybridized carbons (Fsp3) is 0.375. The highest BCUT2D eigenvalue weighted by Gasteiger charge is 2.27.